The van der Waals surface area contributed by atoms with E-state index in [1.54, 1.807) is 0 Å². The van der Waals surface area contributed by atoms with Crippen molar-refractivity contribution in [2.24, 2.45) is 0 Å². The van der Waals surface area contributed by atoms with Crippen LogP contribution in [0.2, 0.25) is 25.7 Å². The average Bonchev–Trinajstić information content (AvgIpc) is 3.35. The van der Waals surface area contributed by atoms with Gasteiger partial charge in [-0.2, -0.15) is 5.10 Å². The predicted octanol–water partition coefficient (Wildman–Crippen LogP) is 6.39. The van der Waals surface area contributed by atoms with Crippen molar-refractivity contribution in [3.63, 3.8) is 0 Å². The number of aromatic nitrogens is 4. The van der Waals surface area contributed by atoms with E-state index in [1.165, 1.54) is 5.56 Å². The Balaban J connectivity index is 1.33. The van der Waals surface area contributed by atoms with Crippen LogP contribution in [-0.2, 0) is 27.5 Å². The Labute approximate surface area is 257 Å². The fourth-order valence-corrected chi connectivity index (χ4v) is 5.77. The lowest BCUT2D eigenvalue weighted by Gasteiger charge is -2.29. The third kappa shape index (κ3) is 8.38. The highest BCUT2D eigenvalue weighted by Gasteiger charge is 2.21. The molecule has 224 valence electrons. The van der Waals surface area contributed by atoms with Crippen LogP contribution < -0.4 is 9.64 Å². The van der Waals surface area contributed by atoms with Gasteiger partial charge in [0.15, 0.2) is 11.6 Å². The highest BCUT2D eigenvalue weighted by Crippen LogP contribution is 2.35. The molecule has 0 radical (unpaired) electrons. The highest BCUT2D eigenvalue weighted by atomic mass is 79.9. The Morgan fingerprint density at radius 1 is 0.952 bits per heavy atom. The van der Waals surface area contributed by atoms with E-state index in [0.29, 0.717) is 39.8 Å². The molecule has 5 rings (SSSR count). The topological polar surface area (TPSA) is 83.8 Å². The van der Waals surface area contributed by atoms with Crippen LogP contribution in [0.1, 0.15) is 12.0 Å². The number of fused-ring (bicyclic) bond motifs is 1. The summed E-state index contributed by atoms with van der Waals surface area (Å²) in [5, 5.41) is 5.94. The molecule has 1 saturated heterocycles. The largest absolute Gasteiger partial charge is 0.490 e. The van der Waals surface area contributed by atoms with Crippen LogP contribution in [0.4, 0.5) is 5.82 Å². The predicted molar refractivity (Wildman–Crippen MR) is 172 cm³/mol. The molecule has 4 heterocycles. The molecule has 9 nitrogen and oxygen atoms in total. The van der Waals surface area contributed by atoms with Crippen molar-refractivity contribution in [3.8, 4) is 17.0 Å². The molecule has 1 aromatic carbocycles. The third-order valence-corrected chi connectivity index (χ3v) is 9.17. The van der Waals surface area contributed by atoms with E-state index in [9.17, 15) is 0 Å². The van der Waals surface area contributed by atoms with E-state index in [2.05, 4.69) is 63.7 Å². The van der Waals surface area contributed by atoms with E-state index in [0.717, 1.165) is 70.5 Å². The number of hydrogen-bond acceptors (Lipinski definition) is 8. The van der Waals surface area contributed by atoms with Gasteiger partial charge in [-0.3, -0.25) is 0 Å². The molecule has 0 unspecified atom stereocenters. The van der Waals surface area contributed by atoms with Gasteiger partial charge < -0.3 is 23.8 Å². The number of halogens is 1. The van der Waals surface area contributed by atoms with Crippen LogP contribution in [0.25, 0.3) is 22.2 Å². The molecule has 42 heavy (non-hydrogen) atoms. The zero-order chi connectivity index (χ0) is 29.4. The first kappa shape index (κ1) is 30.6. The summed E-state index contributed by atoms with van der Waals surface area (Å²) in [6.45, 7) is 12.8. The maximum absolute atomic E-state index is 6.36. The smallest absolute Gasteiger partial charge is 0.171 e. The van der Waals surface area contributed by atoms with Crippen molar-refractivity contribution in [3.05, 3.63) is 65.0 Å². The zero-order valence-corrected chi connectivity index (χ0v) is 27.3. The number of rotatable bonds is 14. The second kappa shape index (κ2) is 14.6. The third-order valence-electron chi connectivity index (χ3n) is 7.03. The Bertz CT molecular complexity index is 1440. The van der Waals surface area contributed by atoms with Crippen molar-refractivity contribution in [1.29, 1.82) is 0 Å². The summed E-state index contributed by atoms with van der Waals surface area (Å²) in [4.78, 5) is 11.6. The number of hydrogen-bond donors (Lipinski definition) is 0. The number of ether oxygens (including phenoxy) is 4. The van der Waals surface area contributed by atoms with E-state index < -0.39 is 8.07 Å². The quantitative estimate of drug-likeness (QED) is 0.0879. The second-order valence-corrected chi connectivity index (χ2v) is 18.0. The van der Waals surface area contributed by atoms with Crippen LogP contribution >= 0.6 is 15.9 Å². The van der Waals surface area contributed by atoms with Crippen molar-refractivity contribution < 1.29 is 18.9 Å². The van der Waals surface area contributed by atoms with Gasteiger partial charge in [0, 0.05) is 51.3 Å². The zero-order valence-electron chi connectivity index (χ0n) is 24.7. The molecular weight excluding hydrogens is 614 g/mol. The lowest BCUT2D eigenvalue weighted by molar-refractivity contribution is 0.0818. The molecule has 1 aliphatic heterocycles. The molecular formula is C31H40BrN5O4Si. The standard InChI is InChI=1S/C31H40BrN5O4Si/c1-42(2,3)17-16-40-23-37-27-21-33-29(32)19-26(27)30(35-37)25-18-28(31(34-20-25)36-10-14-38-15-11-36)41-13-7-12-39-22-24-8-5-4-6-9-24/h4-6,8-9,18-21H,7,10-17,22-23H2,1-3H3. The summed E-state index contributed by atoms with van der Waals surface area (Å²) in [6, 6.07) is 15.4. The first-order chi connectivity index (χ1) is 20.4. The number of pyridine rings is 2. The van der Waals surface area contributed by atoms with Crippen molar-refractivity contribution >= 4 is 40.7 Å². The molecule has 0 saturated carbocycles. The van der Waals surface area contributed by atoms with Crippen LogP contribution in [0.5, 0.6) is 5.75 Å². The van der Waals surface area contributed by atoms with Gasteiger partial charge in [0.2, 0.25) is 0 Å². The molecule has 0 spiro atoms. The summed E-state index contributed by atoms with van der Waals surface area (Å²) in [7, 11) is -1.18. The van der Waals surface area contributed by atoms with Gasteiger partial charge >= 0.3 is 0 Å². The Hall–Kier alpha value is -2.83. The van der Waals surface area contributed by atoms with Gasteiger partial charge in [-0.1, -0.05) is 50.0 Å². The van der Waals surface area contributed by atoms with Crippen LogP contribution in [0, 0.1) is 0 Å². The van der Waals surface area contributed by atoms with Gasteiger partial charge in [-0.15, -0.1) is 0 Å². The monoisotopic (exact) mass is 653 g/mol. The van der Waals surface area contributed by atoms with E-state index in [4.69, 9.17) is 29.0 Å². The SMILES string of the molecule is C[Si](C)(C)CCOCn1nc(-c2cnc(N3CCOCC3)c(OCCCOCc3ccccc3)c2)c2cc(Br)ncc21. The van der Waals surface area contributed by atoms with Gasteiger partial charge in [-0.25, -0.2) is 14.6 Å². The minimum absolute atomic E-state index is 0.371. The van der Waals surface area contributed by atoms with Crippen molar-refractivity contribution in [2.45, 2.75) is 45.4 Å². The summed E-state index contributed by atoms with van der Waals surface area (Å²) >= 11 is 3.54. The Kier molecular flexibility index (Phi) is 10.6. The van der Waals surface area contributed by atoms with Gasteiger partial charge in [0.05, 0.1) is 44.7 Å². The molecule has 4 aromatic rings. The Morgan fingerprint density at radius 2 is 1.76 bits per heavy atom. The lowest BCUT2D eigenvalue weighted by Crippen LogP contribution is -2.37. The number of benzene rings is 1. The van der Waals surface area contributed by atoms with Crippen molar-refractivity contribution in [1.82, 2.24) is 19.7 Å². The highest BCUT2D eigenvalue weighted by molar-refractivity contribution is 9.10. The number of morpholine rings is 1. The molecule has 3 aromatic heterocycles. The molecule has 0 aliphatic carbocycles. The first-order valence-corrected chi connectivity index (χ1v) is 19.0. The van der Waals surface area contributed by atoms with E-state index in [1.807, 2.05) is 41.3 Å². The minimum Gasteiger partial charge on any atom is -0.490 e. The molecule has 1 fully saturated rings. The van der Waals surface area contributed by atoms with E-state index >= 15 is 0 Å². The van der Waals surface area contributed by atoms with Gasteiger partial charge in [0.25, 0.3) is 0 Å². The maximum Gasteiger partial charge on any atom is 0.171 e. The first-order valence-electron chi connectivity index (χ1n) is 14.5. The summed E-state index contributed by atoms with van der Waals surface area (Å²) in [5.41, 5.74) is 3.78. The summed E-state index contributed by atoms with van der Waals surface area (Å²) in [6.07, 6.45) is 4.48. The maximum atomic E-state index is 6.36. The number of nitrogens with zero attached hydrogens (tertiary/aromatic N) is 5. The van der Waals surface area contributed by atoms with E-state index in [-0.39, 0.29) is 0 Å². The minimum atomic E-state index is -1.18. The fourth-order valence-electron chi connectivity index (χ4n) is 4.68. The molecule has 1 aliphatic rings. The number of anilines is 1. The molecule has 0 N–H and O–H groups in total. The van der Waals surface area contributed by atoms with Crippen molar-refractivity contribution in [2.75, 3.05) is 51.0 Å². The summed E-state index contributed by atoms with van der Waals surface area (Å²) < 4.78 is 26.5. The normalized spacial score (nSPS) is 14.0. The molecule has 0 bridgehead atoms. The van der Waals surface area contributed by atoms with Crippen LogP contribution in [0.3, 0.4) is 0 Å². The molecule has 0 atom stereocenters. The Morgan fingerprint density at radius 3 is 2.55 bits per heavy atom. The average molecular weight is 655 g/mol. The van der Waals surface area contributed by atoms with Gasteiger partial charge in [0.1, 0.15) is 17.0 Å². The van der Waals surface area contributed by atoms with Crippen LogP contribution in [0.15, 0.2) is 59.5 Å². The molecule has 11 heteroatoms. The second-order valence-electron chi connectivity index (χ2n) is 11.6. The fraction of sp³-hybridized carbons (Fsp3) is 0.452. The molecule has 0 amide bonds. The lowest BCUT2D eigenvalue weighted by atomic mass is 10.1. The van der Waals surface area contributed by atoms with Gasteiger partial charge in [-0.05, 0) is 39.7 Å². The summed E-state index contributed by atoms with van der Waals surface area (Å²) in [5.74, 6) is 1.56. The van der Waals surface area contributed by atoms with Crippen LogP contribution in [-0.4, -0.2) is 73.9 Å².